The summed E-state index contributed by atoms with van der Waals surface area (Å²) in [5, 5.41) is 17.8. The van der Waals surface area contributed by atoms with Crippen molar-refractivity contribution in [2.24, 2.45) is 0 Å². The molecule has 1 heteroatoms. The molecule has 1 nitrogen and oxygen atoms in total. The van der Waals surface area contributed by atoms with Gasteiger partial charge < -0.3 is 4.90 Å². The molecule has 218 valence electrons. The van der Waals surface area contributed by atoms with E-state index in [1.54, 1.807) is 0 Å². The van der Waals surface area contributed by atoms with Crippen molar-refractivity contribution in [1.29, 1.82) is 0 Å². The van der Waals surface area contributed by atoms with Gasteiger partial charge in [0.25, 0.3) is 0 Å². The maximum atomic E-state index is 2.42. The number of hydrogen-bond donors (Lipinski definition) is 0. The van der Waals surface area contributed by atoms with Crippen LogP contribution in [0.25, 0.3) is 75.4 Å². The molecule has 0 aromatic heterocycles. The van der Waals surface area contributed by atoms with Crippen LogP contribution in [0.3, 0.4) is 0 Å². The van der Waals surface area contributed by atoms with Crippen LogP contribution in [-0.2, 0) is 0 Å². The lowest BCUT2D eigenvalue weighted by Gasteiger charge is -2.27. The van der Waals surface area contributed by atoms with Crippen molar-refractivity contribution in [2.75, 3.05) is 4.90 Å². The molecule has 0 aliphatic heterocycles. The first-order valence-corrected chi connectivity index (χ1v) is 16.3. The van der Waals surface area contributed by atoms with Crippen molar-refractivity contribution in [1.82, 2.24) is 0 Å². The lowest BCUT2D eigenvalue weighted by Crippen LogP contribution is -2.10. The zero-order chi connectivity index (χ0) is 30.9. The van der Waals surface area contributed by atoms with E-state index in [0.717, 1.165) is 17.1 Å². The predicted molar refractivity (Wildman–Crippen MR) is 204 cm³/mol. The highest BCUT2D eigenvalue weighted by atomic mass is 15.1. The van der Waals surface area contributed by atoms with Gasteiger partial charge in [-0.1, -0.05) is 140 Å². The minimum Gasteiger partial charge on any atom is -0.310 e. The Bertz CT molecular complexity index is 2710. The van der Waals surface area contributed by atoms with Crippen molar-refractivity contribution in [3.63, 3.8) is 0 Å². The molecule has 10 aromatic carbocycles. The standard InChI is InChI=1S/C46H29N/c1-3-11-37-30(9-1)17-19-32-27-34(21-24-39(32)37)47(35-22-25-40-33(28-35)20-18-31-10-2-4-12-38(31)40)36-23-26-45-43-15-6-5-13-41(43)42-14-7-8-16-44(42)46(45)29-36/h1-29H. The minimum atomic E-state index is 1.14. The van der Waals surface area contributed by atoms with E-state index in [1.165, 1.54) is 75.4 Å². The van der Waals surface area contributed by atoms with E-state index < -0.39 is 0 Å². The summed E-state index contributed by atoms with van der Waals surface area (Å²) in [6.07, 6.45) is 0. The summed E-state index contributed by atoms with van der Waals surface area (Å²) >= 11 is 0. The maximum absolute atomic E-state index is 2.42. The van der Waals surface area contributed by atoms with Gasteiger partial charge in [0.1, 0.15) is 0 Å². The number of benzene rings is 10. The van der Waals surface area contributed by atoms with Gasteiger partial charge in [-0.05, 0) is 112 Å². The van der Waals surface area contributed by atoms with E-state index in [2.05, 4.69) is 181 Å². The Morgan fingerprint density at radius 3 is 1.02 bits per heavy atom. The van der Waals surface area contributed by atoms with Crippen LogP contribution in [0.4, 0.5) is 17.1 Å². The Hall–Kier alpha value is -6.18. The van der Waals surface area contributed by atoms with Crippen molar-refractivity contribution in [3.8, 4) is 0 Å². The molecular formula is C46H29N. The first-order chi connectivity index (χ1) is 23.3. The summed E-state index contributed by atoms with van der Waals surface area (Å²) < 4.78 is 0. The number of fused-ring (bicyclic) bond motifs is 12. The third-order valence-corrected chi connectivity index (χ3v) is 9.96. The fourth-order valence-electron chi connectivity index (χ4n) is 7.76. The second kappa shape index (κ2) is 10.2. The average molecular weight is 596 g/mol. The topological polar surface area (TPSA) is 3.24 Å². The number of hydrogen-bond acceptors (Lipinski definition) is 1. The molecule has 0 fully saturated rings. The van der Waals surface area contributed by atoms with E-state index in [0.29, 0.717) is 0 Å². The molecule has 0 amide bonds. The van der Waals surface area contributed by atoms with E-state index in [1.807, 2.05) is 0 Å². The molecule has 0 heterocycles. The highest BCUT2D eigenvalue weighted by molar-refractivity contribution is 6.26. The third kappa shape index (κ3) is 4.03. The summed E-state index contributed by atoms with van der Waals surface area (Å²) in [6.45, 7) is 0. The second-order valence-electron chi connectivity index (χ2n) is 12.5. The molecule has 0 unspecified atom stereocenters. The van der Waals surface area contributed by atoms with E-state index in [4.69, 9.17) is 0 Å². The molecule has 0 saturated carbocycles. The van der Waals surface area contributed by atoms with Crippen LogP contribution in [0, 0.1) is 0 Å². The van der Waals surface area contributed by atoms with Gasteiger partial charge in [-0.2, -0.15) is 0 Å². The van der Waals surface area contributed by atoms with Gasteiger partial charge in [0.05, 0.1) is 0 Å². The van der Waals surface area contributed by atoms with Crippen molar-refractivity contribution >= 4 is 92.5 Å². The highest BCUT2D eigenvalue weighted by Gasteiger charge is 2.17. The van der Waals surface area contributed by atoms with Gasteiger partial charge in [-0.15, -0.1) is 0 Å². The smallest absolute Gasteiger partial charge is 0.0468 e. The number of anilines is 3. The molecule has 0 bridgehead atoms. The summed E-state index contributed by atoms with van der Waals surface area (Å²) in [7, 11) is 0. The summed E-state index contributed by atoms with van der Waals surface area (Å²) in [4.78, 5) is 2.42. The first kappa shape index (κ1) is 26.1. The molecule has 0 atom stereocenters. The zero-order valence-electron chi connectivity index (χ0n) is 25.7. The van der Waals surface area contributed by atoms with Crippen LogP contribution in [0.1, 0.15) is 0 Å². The van der Waals surface area contributed by atoms with Crippen molar-refractivity contribution in [3.05, 3.63) is 176 Å². The molecular weight excluding hydrogens is 567 g/mol. The molecule has 0 radical (unpaired) electrons. The monoisotopic (exact) mass is 595 g/mol. The Morgan fingerprint density at radius 1 is 0.213 bits per heavy atom. The van der Waals surface area contributed by atoms with Crippen LogP contribution >= 0.6 is 0 Å². The number of nitrogens with zero attached hydrogens (tertiary/aromatic N) is 1. The quantitative estimate of drug-likeness (QED) is 0.184. The van der Waals surface area contributed by atoms with E-state index in [9.17, 15) is 0 Å². The van der Waals surface area contributed by atoms with Crippen LogP contribution in [-0.4, -0.2) is 0 Å². The van der Waals surface area contributed by atoms with Gasteiger partial charge in [0, 0.05) is 17.1 Å². The second-order valence-corrected chi connectivity index (χ2v) is 12.5. The molecule has 0 N–H and O–H groups in total. The molecule has 0 aliphatic carbocycles. The first-order valence-electron chi connectivity index (χ1n) is 16.3. The Kier molecular flexibility index (Phi) is 5.64. The minimum absolute atomic E-state index is 1.14. The fraction of sp³-hybridized carbons (Fsp3) is 0. The summed E-state index contributed by atoms with van der Waals surface area (Å²) in [6, 6.07) is 64.7. The largest absolute Gasteiger partial charge is 0.310 e. The normalized spacial score (nSPS) is 11.8. The van der Waals surface area contributed by atoms with Crippen LogP contribution in [0.15, 0.2) is 176 Å². The molecule has 10 aromatic rings. The molecule has 47 heavy (non-hydrogen) atoms. The fourth-order valence-corrected chi connectivity index (χ4v) is 7.76. The van der Waals surface area contributed by atoms with E-state index >= 15 is 0 Å². The third-order valence-electron chi connectivity index (χ3n) is 9.96. The van der Waals surface area contributed by atoms with Gasteiger partial charge in [0.2, 0.25) is 0 Å². The average Bonchev–Trinajstić information content (AvgIpc) is 3.14. The predicted octanol–water partition coefficient (Wildman–Crippen LogP) is 13.2. The number of rotatable bonds is 3. The zero-order valence-corrected chi connectivity index (χ0v) is 25.7. The van der Waals surface area contributed by atoms with Gasteiger partial charge in [-0.25, -0.2) is 0 Å². The molecule has 0 saturated heterocycles. The van der Waals surface area contributed by atoms with Crippen molar-refractivity contribution < 1.29 is 0 Å². The lowest BCUT2D eigenvalue weighted by atomic mass is 9.94. The Morgan fingerprint density at radius 2 is 0.532 bits per heavy atom. The van der Waals surface area contributed by atoms with Crippen LogP contribution in [0.5, 0.6) is 0 Å². The Labute approximate surface area is 272 Å². The van der Waals surface area contributed by atoms with E-state index in [-0.39, 0.29) is 0 Å². The lowest BCUT2D eigenvalue weighted by molar-refractivity contribution is 1.30. The Balaban J connectivity index is 1.25. The summed E-state index contributed by atoms with van der Waals surface area (Å²) in [5.41, 5.74) is 3.41. The maximum Gasteiger partial charge on any atom is 0.0468 e. The van der Waals surface area contributed by atoms with Gasteiger partial charge in [-0.3, -0.25) is 0 Å². The molecule has 0 spiro atoms. The van der Waals surface area contributed by atoms with Crippen LogP contribution < -0.4 is 4.90 Å². The van der Waals surface area contributed by atoms with Crippen LogP contribution in [0.2, 0.25) is 0 Å². The van der Waals surface area contributed by atoms with Crippen molar-refractivity contribution in [2.45, 2.75) is 0 Å². The van der Waals surface area contributed by atoms with Gasteiger partial charge in [0.15, 0.2) is 0 Å². The molecule has 0 aliphatic rings. The molecule has 10 rings (SSSR count). The highest BCUT2D eigenvalue weighted by Crippen LogP contribution is 2.43. The summed E-state index contributed by atoms with van der Waals surface area (Å²) in [5.74, 6) is 0. The van der Waals surface area contributed by atoms with Gasteiger partial charge >= 0.3 is 0 Å². The SMILES string of the molecule is c1ccc2c(c1)ccc1cc(N(c3ccc4c(ccc5ccccc54)c3)c3ccc4c5ccccc5c5ccccc5c4c3)ccc12.